The van der Waals surface area contributed by atoms with Crippen molar-refractivity contribution in [2.45, 2.75) is 26.3 Å². The van der Waals surface area contributed by atoms with Crippen molar-refractivity contribution in [3.05, 3.63) is 124 Å². The van der Waals surface area contributed by atoms with Crippen LogP contribution in [0.3, 0.4) is 0 Å². The standard InChI is InChI=1S/C30H23Cl2N5O4.C2H6/c31-24-12-9-22(15-25(24)32)37-28(16-26(35-37)21-2-1-13-36(41)17-21)19-5-7-20(8-6-19)30(40)34-27(29(33)39)14-18-3-10-23(38)11-4-18;1-2/h1-13,15-17,27,38H,14H2,(H2,33,39)(H,34,40);1-2H3/t27-;/m0./s1. The van der Waals surface area contributed by atoms with Gasteiger partial charge in [0.2, 0.25) is 5.91 Å². The number of nitrogens with zero attached hydrogens (tertiary/aromatic N) is 3. The monoisotopic (exact) mass is 617 g/mol. The first kappa shape index (κ1) is 31.1. The topological polar surface area (TPSA) is 137 Å². The molecule has 0 saturated heterocycles. The minimum atomic E-state index is -0.944. The molecule has 4 N–H and O–H groups in total. The average molecular weight is 619 g/mol. The van der Waals surface area contributed by atoms with Crippen LogP contribution in [0.1, 0.15) is 29.8 Å². The number of rotatable bonds is 8. The lowest BCUT2D eigenvalue weighted by Gasteiger charge is -2.16. The smallest absolute Gasteiger partial charge is 0.251 e. The van der Waals surface area contributed by atoms with E-state index >= 15 is 0 Å². The molecule has 3 aromatic carbocycles. The van der Waals surface area contributed by atoms with Crippen LogP contribution in [0.2, 0.25) is 10.0 Å². The lowest BCUT2D eigenvalue weighted by molar-refractivity contribution is -0.604. The summed E-state index contributed by atoms with van der Waals surface area (Å²) in [7, 11) is 0. The van der Waals surface area contributed by atoms with Crippen molar-refractivity contribution in [2.75, 3.05) is 0 Å². The number of phenolic OH excluding ortho intramolecular Hbond substituents is 1. The fraction of sp³-hybridized carbons (Fsp3) is 0.125. The number of pyridine rings is 1. The lowest BCUT2D eigenvalue weighted by atomic mass is 10.0. The third-order valence-corrected chi connectivity index (χ3v) is 7.13. The number of aromatic hydroxyl groups is 1. The number of nitrogens with one attached hydrogen (secondary N) is 1. The third-order valence-electron chi connectivity index (χ3n) is 6.40. The van der Waals surface area contributed by atoms with Crippen LogP contribution in [-0.2, 0) is 11.2 Å². The van der Waals surface area contributed by atoms with E-state index in [0.29, 0.717) is 43.0 Å². The summed E-state index contributed by atoms with van der Waals surface area (Å²) < 4.78 is 2.37. The number of hydrogen-bond donors (Lipinski definition) is 3. The number of benzene rings is 3. The molecule has 43 heavy (non-hydrogen) atoms. The van der Waals surface area contributed by atoms with E-state index in [0.717, 1.165) is 11.1 Å². The van der Waals surface area contributed by atoms with E-state index in [2.05, 4.69) is 5.32 Å². The molecule has 2 amide bonds. The Morgan fingerprint density at radius 3 is 2.30 bits per heavy atom. The Hall–Kier alpha value is -4.86. The van der Waals surface area contributed by atoms with Gasteiger partial charge in [-0.05, 0) is 60.2 Å². The molecular formula is C32H29Cl2N5O4. The van der Waals surface area contributed by atoms with Gasteiger partial charge >= 0.3 is 0 Å². The summed E-state index contributed by atoms with van der Waals surface area (Å²) in [5.41, 5.74) is 9.81. The van der Waals surface area contributed by atoms with Crippen LogP contribution in [0.4, 0.5) is 0 Å². The fourth-order valence-electron chi connectivity index (χ4n) is 4.27. The highest BCUT2D eigenvalue weighted by atomic mass is 35.5. The van der Waals surface area contributed by atoms with E-state index in [4.69, 9.17) is 34.0 Å². The average Bonchev–Trinajstić information content (AvgIpc) is 3.46. The van der Waals surface area contributed by atoms with Gasteiger partial charge in [0.15, 0.2) is 12.4 Å². The van der Waals surface area contributed by atoms with Gasteiger partial charge < -0.3 is 21.4 Å². The lowest BCUT2D eigenvalue weighted by Crippen LogP contribution is -2.45. The molecule has 0 saturated carbocycles. The van der Waals surface area contributed by atoms with Crippen LogP contribution >= 0.6 is 23.2 Å². The van der Waals surface area contributed by atoms with E-state index in [-0.39, 0.29) is 12.2 Å². The summed E-state index contributed by atoms with van der Waals surface area (Å²) in [6.45, 7) is 4.00. The zero-order valence-corrected chi connectivity index (χ0v) is 24.9. The van der Waals surface area contributed by atoms with Crippen molar-refractivity contribution in [1.29, 1.82) is 0 Å². The molecule has 5 aromatic rings. The van der Waals surface area contributed by atoms with Crippen molar-refractivity contribution >= 4 is 35.0 Å². The molecule has 0 fully saturated rings. The second kappa shape index (κ2) is 13.9. The van der Waals surface area contributed by atoms with Gasteiger partial charge in [0.1, 0.15) is 11.8 Å². The van der Waals surface area contributed by atoms with Crippen LogP contribution in [0.15, 0.2) is 97.3 Å². The molecule has 0 aliphatic heterocycles. The predicted octanol–water partition coefficient (Wildman–Crippen LogP) is 5.70. The van der Waals surface area contributed by atoms with E-state index in [1.165, 1.54) is 24.5 Å². The highest BCUT2D eigenvalue weighted by molar-refractivity contribution is 6.42. The van der Waals surface area contributed by atoms with Gasteiger partial charge in [-0.1, -0.05) is 61.3 Å². The van der Waals surface area contributed by atoms with E-state index in [9.17, 15) is 19.9 Å². The zero-order valence-electron chi connectivity index (χ0n) is 23.4. The van der Waals surface area contributed by atoms with Crippen molar-refractivity contribution in [1.82, 2.24) is 15.1 Å². The van der Waals surface area contributed by atoms with Gasteiger partial charge in [0, 0.05) is 23.6 Å². The number of primary amides is 1. The Labute approximate surface area is 258 Å². The number of hydrogen-bond acceptors (Lipinski definition) is 5. The maximum Gasteiger partial charge on any atom is 0.251 e. The summed E-state index contributed by atoms with van der Waals surface area (Å²) in [6, 6.07) is 22.5. The number of halogens is 2. The minimum absolute atomic E-state index is 0.0962. The Morgan fingerprint density at radius 1 is 0.977 bits per heavy atom. The zero-order chi connectivity index (χ0) is 31.1. The highest BCUT2D eigenvalue weighted by Crippen LogP contribution is 2.31. The number of carbonyl (C=O) groups excluding carboxylic acids is 2. The van der Waals surface area contributed by atoms with Crippen molar-refractivity contribution in [3.63, 3.8) is 0 Å². The Kier molecular flexibility index (Phi) is 10.0. The molecule has 0 spiro atoms. The van der Waals surface area contributed by atoms with Gasteiger partial charge in [-0.15, -0.1) is 0 Å². The molecule has 0 unspecified atom stereocenters. The molecule has 220 valence electrons. The molecule has 1 atom stereocenters. The number of nitrogens with two attached hydrogens (primary N) is 1. The fourth-order valence-corrected chi connectivity index (χ4v) is 4.56. The first-order valence-corrected chi connectivity index (χ1v) is 14.2. The van der Waals surface area contributed by atoms with Crippen LogP contribution in [0, 0.1) is 5.21 Å². The molecule has 0 aliphatic carbocycles. The first-order chi connectivity index (χ1) is 20.7. The molecule has 2 aromatic heterocycles. The molecule has 0 radical (unpaired) electrons. The highest BCUT2D eigenvalue weighted by Gasteiger charge is 2.21. The van der Waals surface area contributed by atoms with Gasteiger partial charge in [0.25, 0.3) is 5.91 Å². The van der Waals surface area contributed by atoms with Crippen LogP contribution in [-0.4, -0.2) is 32.7 Å². The summed E-state index contributed by atoms with van der Waals surface area (Å²) >= 11 is 12.4. The van der Waals surface area contributed by atoms with E-state index in [1.807, 2.05) is 19.9 Å². The van der Waals surface area contributed by atoms with Crippen LogP contribution < -0.4 is 15.8 Å². The maximum absolute atomic E-state index is 13.0. The molecule has 9 nitrogen and oxygen atoms in total. The Bertz CT molecular complexity index is 1740. The van der Waals surface area contributed by atoms with E-state index < -0.39 is 17.9 Å². The summed E-state index contributed by atoms with van der Waals surface area (Å²) in [5.74, 6) is -1.05. The quantitative estimate of drug-likeness (QED) is 0.151. The van der Waals surface area contributed by atoms with Gasteiger partial charge in [0.05, 0.1) is 32.7 Å². The number of amides is 2. The van der Waals surface area contributed by atoms with Crippen LogP contribution in [0.5, 0.6) is 5.75 Å². The Morgan fingerprint density at radius 2 is 1.67 bits per heavy atom. The molecular weight excluding hydrogens is 589 g/mol. The van der Waals surface area contributed by atoms with Crippen molar-refractivity contribution in [2.24, 2.45) is 5.73 Å². The van der Waals surface area contributed by atoms with E-state index in [1.54, 1.807) is 71.4 Å². The summed E-state index contributed by atoms with van der Waals surface area (Å²) in [6.07, 6.45) is 2.98. The van der Waals surface area contributed by atoms with Gasteiger partial charge in [-0.2, -0.15) is 9.83 Å². The van der Waals surface area contributed by atoms with Crippen molar-refractivity contribution in [3.8, 4) is 34.0 Å². The SMILES string of the molecule is CC.NC(=O)[C@H](Cc1ccc(O)cc1)NC(=O)c1ccc(-c2cc(-c3ccc[n+]([O-])c3)nn2-c2ccc(Cl)c(Cl)c2)cc1. The number of aromatic nitrogens is 3. The van der Waals surface area contributed by atoms with Gasteiger partial charge in [-0.3, -0.25) is 9.59 Å². The summed E-state index contributed by atoms with van der Waals surface area (Å²) in [5, 5.41) is 29.5. The minimum Gasteiger partial charge on any atom is -0.619 e. The number of carbonyl (C=O) groups is 2. The second-order valence-corrected chi connectivity index (χ2v) is 10.1. The van der Waals surface area contributed by atoms with Crippen LogP contribution in [0.25, 0.3) is 28.2 Å². The Balaban J connectivity index is 0.00000207. The number of phenols is 1. The summed E-state index contributed by atoms with van der Waals surface area (Å²) in [4.78, 5) is 25.0. The third kappa shape index (κ3) is 7.51. The molecule has 0 aliphatic rings. The molecule has 5 rings (SSSR count). The molecule has 0 bridgehead atoms. The largest absolute Gasteiger partial charge is 0.619 e. The molecule has 2 heterocycles. The normalized spacial score (nSPS) is 11.3. The predicted molar refractivity (Wildman–Crippen MR) is 167 cm³/mol. The first-order valence-electron chi connectivity index (χ1n) is 13.4. The van der Waals surface area contributed by atoms with Crippen molar-refractivity contribution < 1.29 is 19.4 Å². The molecule has 11 heteroatoms. The maximum atomic E-state index is 13.0. The second-order valence-electron chi connectivity index (χ2n) is 9.25. The van der Waals surface area contributed by atoms with Gasteiger partial charge in [-0.25, -0.2) is 4.68 Å².